The third-order valence-corrected chi connectivity index (χ3v) is 3.96. The second-order valence-electron chi connectivity index (χ2n) is 5.93. The summed E-state index contributed by atoms with van der Waals surface area (Å²) in [5.41, 5.74) is 6.25. The van der Waals surface area contributed by atoms with Crippen LogP contribution in [0.3, 0.4) is 0 Å². The summed E-state index contributed by atoms with van der Waals surface area (Å²) >= 11 is 0. The molecule has 0 aliphatic rings. The lowest BCUT2D eigenvalue weighted by molar-refractivity contribution is 0.0904. The van der Waals surface area contributed by atoms with Crippen LogP contribution in [-0.2, 0) is 0 Å². The molecule has 0 bridgehead atoms. The maximum Gasteiger partial charge on any atom is 0.0161 e. The Hall–Kier alpha value is -0.0800. The van der Waals surface area contributed by atoms with Gasteiger partial charge in [0.25, 0.3) is 0 Å². The van der Waals surface area contributed by atoms with Crippen LogP contribution in [0.2, 0.25) is 0 Å². The van der Waals surface area contributed by atoms with Gasteiger partial charge in [0, 0.05) is 18.1 Å². The van der Waals surface area contributed by atoms with Gasteiger partial charge < -0.3 is 10.6 Å². The summed E-state index contributed by atoms with van der Waals surface area (Å²) in [4.78, 5) is 2.52. The molecule has 0 heterocycles. The van der Waals surface area contributed by atoms with Crippen molar-refractivity contribution in [3.05, 3.63) is 0 Å². The summed E-state index contributed by atoms with van der Waals surface area (Å²) < 4.78 is 0. The predicted molar refractivity (Wildman–Crippen MR) is 69.0 cm³/mol. The first-order valence-corrected chi connectivity index (χ1v) is 6.18. The van der Waals surface area contributed by atoms with E-state index < -0.39 is 0 Å². The third-order valence-electron chi connectivity index (χ3n) is 3.96. The fraction of sp³-hybridized carbons (Fsp3) is 1.00. The molecule has 0 rings (SSSR count). The van der Waals surface area contributed by atoms with E-state index in [1.54, 1.807) is 0 Å². The molecule has 92 valence electrons. The summed E-state index contributed by atoms with van der Waals surface area (Å²) in [6.07, 6.45) is 1.20. The average Bonchev–Trinajstić information content (AvgIpc) is 2.11. The van der Waals surface area contributed by atoms with Crippen molar-refractivity contribution in [2.75, 3.05) is 13.1 Å². The molecule has 0 aromatic heterocycles. The van der Waals surface area contributed by atoms with Gasteiger partial charge in [0.05, 0.1) is 0 Å². The summed E-state index contributed by atoms with van der Waals surface area (Å²) in [5.74, 6) is 0. The molecular formula is C13H30N2. The lowest BCUT2D eigenvalue weighted by Crippen LogP contribution is -2.54. The van der Waals surface area contributed by atoms with E-state index in [1.165, 1.54) is 6.42 Å². The Morgan fingerprint density at radius 2 is 1.60 bits per heavy atom. The smallest absolute Gasteiger partial charge is 0.0161 e. The van der Waals surface area contributed by atoms with Crippen LogP contribution < -0.4 is 5.73 Å². The average molecular weight is 214 g/mol. The van der Waals surface area contributed by atoms with Crippen LogP contribution in [0.1, 0.15) is 54.9 Å². The monoisotopic (exact) mass is 214 g/mol. The van der Waals surface area contributed by atoms with Crippen molar-refractivity contribution in [3.8, 4) is 0 Å². The molecule has 0 amide bonds. The van der Waals surface area contributed by atoms with Crippen LogP contribution in [-0.4, -0.2) is 29.6 Å². The van der Waals surface area contributed by atoms with Gasteiger partial charge in [-0.25, -0.2) is 0 Å². The van der Waals surface area contributed by atoms with Crippen molar-refractivity contribution in [1.82, 2.24) is 4.90 Å². The number of nitrogens with two attached hydrogens (primary N) is 1. The van der Waals surface area contributed by atoms with Crippen LogP contribution in [0.15, 0.2) is 0 Å². The Balaban J connectivity index is 4.54. The molecule has 0 fully saturated rings. The van der Waals surface area contributed by atoms with Crippen molar-refractivity contribution in [3.63, 3.8) is 0 Å². The largest absolute Gasteiger partial charge is 0.325 e. The van der Waals surface area contributed by atoms with Crippen molar-refractivity contribution in [2.45, 2.75) is 66.5 Å². The molecule has 0 aromatic carbocycles. The SMILES string of the molecule is CCC(C)N(CC)CC(C)(C)C(C)(C)N. The molecule has 2 heteroatoms. The molecule has 0 saturated heterocycles. The highest BCUT2D eigenvalue weighted by Gasteiger charge is 2.35. The van der Waals surface area contributed by atoms with Gasteiger partial charge in [-0.05, 0) is 39.2 Å². The fourth-order valence-electron chi connectivity index (χ4n) is 1.55. The molecule has 0 radical (unpaired) electrons. The summed E-state index contributed by atoms with van der Waals surface area (Å²) in [6.45, 7) is 17.7. The molecule has 0 aliphatic carbocycles. The van der Waals surface area contributed by atoms with Crippen LogP contribution in [0.25, 0.3) is 0 Å². The van der Waals surface area contributed by atoms with E-state index in [0.717, 1.165) is 13.1 Å². The van der Waals surface area contributed by atoms with E-state index in [-0.39, 0.29) is 11.0 Å². The summed E-state index contributed by atoms with van der Waals surface area (Å²) in [5, 5.41) is 0. The third kappa shape index (κ3) is 4.12. The van der Waals surface area contributed by atoms with Gasteiger partial charge in [-0.3, -0.25) is 0 Å². The second-order valence-corrected chi connectivity index (χ2v) is 5.93. The van der Waals surface area contributed by atoms with Gasteiger partial charge in [0.15, 0.2) is 0 Å². The quantitative estimate of drug-likeness (QED) is 0.736. The molecule has 2 N–H and O–H groups in total. The number of nitrogens with zero attached hydrogens (tertiary/aromatic N) is 1. The number of hydrogen-bond donors (Lipinski definition) is 1. The van der Waals surface area contributed by atoms with Crippen LogP contribution in [0, 0.1) is 5.41 Å². The van der Waals surface area contributed by atoms with Crippen LogP contribution in [0.5, 0.6) is 0 Å². The standard InChI is InChI=1S/C13H30N2/c1-8-11(3)15(9-2)10-12(4,5)13(6,7)14/h11H,8-10,14H2,1-7H3. The Labute approximate surface area is 96.2 Å². The highest BCUT2D eigenvalue weighted by atomic mass is 15.2. The Morgan fingerprint density at radius 3 is 1.87 bits per heavy atom. The minimum atomic E-state index is -0.131. The molecule has 0 spiro atoms. The van der Waals surface area contributed by atoms with Gasteiger partial charge in [-0.2, -0.15) is 0 Å². The van der Waals surface area contributed by atoms with E-state index >= 15 is 0 Å². The van der Waals surface area contributed by atoms with E-state index in [0.29, 0.717) is 6.04 Å². The first kappa shape index (κ1) is 14.9. The molecule has 1 unspecified atom stereocenters. The highest BCUT2D eigenvalue weighted by Crippen LogP contribution is 2.30. The predicted octanol–water partition coefficient (Wildman–Crippen LogP) is 2.87. The van der Waals surface area contributed by atoms with Gasteiger partial charge >= 0.3 is 0 Å². The maximum absolute atomic E-state index is 6.23. The van der Waals surface area contributed by atoms with Crippen molar-refractivity contribution in [1.29, 1.82) is 0 Å². The van der Waals surface area contributed by atoms with Gasteiger partial charge in [0.1, 0.15) is 0 Å². The van der Waals surface area contributed by atoms with E-state index in [4.69, 9.17) is 5.73 Å². The zero-order valence-corrected chi connectivity index (χ0v) is 11.7. The van der Waals surface area contributed by atoms with Gasteiger partial charge in [-0.15, -0.1) is 0 Å². The first-order chi connectivity index (χ1) is 6.65. The topological polar surface area (TPSA) is 29.3 Å². The molecule has 15 heavy (non-hydrogen) atoms. The molecule has 1 atom stereocenters. The van der Waals surface area contributed by atoms with Crippen LogP contribution in [0.4, 0.5) is 0 Å². The zero-order chi connectivity index (χ0) is 12.3. The van der Waals surface area contributed by atoms with Gasteiger partial charge in [-0.1, -0.05) is 27.7 Å². The summed E-state index contributed by atoms with van der Waals surface area (Å²) in [6, 6.07) is 0.650. The second kappa shape index (κ2) is 5.31. The highest BCUT2D eigenvalue weighted by molar-refractivity contribution is 4.92. The van der Waals surface area contributed by atoms with Crippen molar-refractivity contribution in [2.24, 2.45) is 11.1 Å². The van der Waals surface area contributed by atoms with Crippen molar-refractivity contribution >= 4 is 0 Å². The minimum absolute atomic E-state index is 0.131. The summed E-state index contributed by atoms with van der Waals surface area (Å²) in [7, 11) is 0. The Morgan fingerprint density at radius 1 is 1.13 bits per heavy atom. The van der Waals surface area contributed by atoms with Crippen molar-refractivity contribution < 1.29 is 0 Å². The first-order valence-electron chi connectivity index (χ1n) is 6.18. The van der Waals surface area contributed by atoms with E-state index in [9.17, 15) is 0 Å². The lowest BCUT2D eigenvalue weighted by atomic mass is 9.74. The molecular weight excluding hydrogens is 184 g/mol. The number of hydrogen-bond acceptors (Lipinski definition) is 2. The minimum Gasteiger partial charge on any atom is -0.325 e. The zero-order valence-electron chi connectivity index (χ0n) is 11.7. The van der Waals surface area contributed by atoms with Crippen LogP contribution >= 0.6 is 0 Å². The fourth-order valence-corrected chi connectivity index (χ4v) is 1.55. The van der Waals surface area contributed by atoms with E-state index in [2.05, 4.69) is 53.4 Å². The Kier molecular flexibility index (Phi) is 5.28. The maximum atomic E-state index is 6.23. The molecule has 0 aromatic rings. The van der Waals surface area contributed by atoms with Gasteiger partial charge in [0.2, 0.25) is 0 Å². The lowest BCUT2D eigenvalue weighted by Gasteiger charge is -2.43. The van der Waals surface area contributed by atoms with E-state index in [1.807, 2.05) is 0 Å². The normalized spacial score (nSPS) is 15.8. The molecule has 2 nitrogen and oxygen atoms in total. The molecule has 0 saturated carbocycles. The number of rotatable bonds is 6. The Bertz CT molecular complexity index is 179. The molecule has 0 aliphatic heterocycles.